The summed E-state index contributed by atoms with van der Waals surface area (Å²) < 4.78 is 13.6. The minimum Gasteiger partial charge on any atom is -0.478 e. The van der Waals surface area contributed by atoms with E-state index in [1.807, 2.05) is 17.5 Å². The van der Waals surface area contributed by atoms with Crippen molar-refractivity contribution in [2.75, 3.05) is 5.32 Å². The number of carboxylic acid groups (broad SMARTS) is 1. The van der Waals surface area contributed by atoms with Gasteiger partial charge in [0.05, 0.1) is 11.3 Å². The lowest BCUT2D eigenvalue weighted by Gasteiger charge is -2.09. The van der Waals surface area contributed by atoms with Gasteiger partial charge in [-0.2, -0.15) is 0 Å². The molecule has 0 aliphatic rings. The van der Waals surface area contributed by atoms with Gasteiger partial charge in [-0.25, -0.2) is 9.18 Å². The Morgan fingerprint density at radius 3 is 2.71 bits per heavy atom. The number of aromatic carboxylic acids is 1. The number of hydrogen-bond donors (Lipinski definition) is 2. The molecule has 1 amide bonds. The number of carbonyl (C=O) groups is 2. The zero-order valence-electron chi connectivity index (χ0n) is 11.1. The Morgan fingerprint density at radius 1 is 1.24 bits per heavy atom. The van der Waals surface area contributed by atoms with Crippen molar-refractivity contribution >= 4 is 28.9 Å². The van der Waals surface area contributed by atoms with E-state index in [4.69, 9.17) is 5.11 Å². The first-order valence-electron chi connectivity index (χ1n) is 6.42. The fourth-order valence-corrected chi connectivity index (χ4v) is 2.66. The third kappa shape index (κ3) is 4.13. The molecule has 21 heavy (non-hydrogen) atoms. The smallest absolute Gasteiger partial charge is 0.337 e. The van der Waals surface area contributed by atoms with Crippen LogP contribution in [0.1, 0.15) is 28.1 Å². The van der Waals surface area contributed by atoms with Crippen molar-refractivity contribution in [1.82, 2.24) is 0 Å². The molecule has 0 saturated carbocycles. The maximum absolute atomic E-state index is 13.6. The standard InChI is InChI=1S/C15H14FNO3S/c16-12-7-2-6-11(15(19)20)14(12)17-13(18)8-1-4-10-5-3-9-21-10/h2-3,5-7,9H,1,4,8H2,(H,17,18)(H,19,20). The highest BCUT2D eigenvalue weighted by atomic mass is 32.1. The SMILES string of the molecule is O=C(CCCc1cccs1)Nc1c(F)cccc1C(=O)O. The zero-order chi connectivity index (χ0) is 15.2. The second-order valence-electron chi connectivity index (χ2n) is 4.45. The number of carbonyl (C=O) groups excluding carboxylic acids is 1. The molecule has 0 aliphatic carbocycles. The molecule has 2 N–H and O–H groups in total. The maximum atomic E-state index is 13.6. The quantitative estimate of drug-likeness (QED) is 0.857. The van der Waals surface area contributed by atoms with E-state index in [-0.39, 0.29) is 23.6 Å². The first-order valence-corrected chi connectivity index (χ1v) is 7.30. The molecule has 0 fully saturated rings. The van der Waals surface area contributed by atoms with Gasteiger partial charge < -0.3 is 10.4 Å². The topological polar surface area (TPSA) is 66.4 Å². The van der Waals surface area contributed by atoms with E-state index < -0.39 is 11.8 Å². The normalized spacial score (nSPS) is 10.3. The lowest BCUT2D eigenvalue weighted by Crippen LogP contribution is -2.16. The van der Waals surface area contributed by atoms with Gasteiger partial charge in [0.25, 0.3) is 0 Å². The highest BCUT2D eigenvalue weighted by molar-refractivity contribution is 7.09. The Bertz CT molecular complexity index is 640. The van der Waals surface area contributed by atoms with Gasteiger partial charge in [0.15, 0.2) is 0 Å². The lowest BCUT2D eigenvalue weighted by atomic mass is 10.1. The highest BCUT2D eigenvalue weighted by Gasteiger charge is 2.16. The van der Waals surface area contributed by atoms with Crippen LogP contribution < -0.4 is 5.32 Å². The second-order valence-corrected chi connectivity index (χ2v) is 5.48. The van der Waals surface area contributed by atoms with Crippen LogP contribution in [0.15, 0.2) is 35.7 Å². The number of amides is 1. The summed E-state index contributed by atoms with van der Waals surface area (Å²) in [6, 6.07) is 7.60. The molecule has 0 bridgehead atoms. The van der Waals surface area contributed by atoms with E-state index in [2.05, 4.69) is 5.32 Å². The molecule has 0 saturated heterocycles. The van der Waals surface area contributed by atoms with Crippen LogP contribution in [0.4, 0.5) is 10.1 Å². The van der Waals surface area contributed by atoms with Crippen molar-refractivity contribution < 1.29 is 19.1 Å². The molecule has 1 heterocycles. The molecule has 0 unspecified atom stereocenters. The Kier molecular flexibility index (Phi) is 5.05. The second kappa shape index (κ2) is 6.99. The number of halogens is 1. The van der Waals surface area contributed by atoms with Crippen LogP contribution in [-0.2, 0) is 11.2 Å². The summed E-state index contributed by atoms with van der Waals surface area (Å²) in [5.74, 6) is -2.41. The number of thiophene rings is 1. The number of nitrogens with one attached hydrogen (secondary N) is 1. The van der Waals surface area contributed by atoms with Crippen molar-refractivity contribution in [3.05, 3.63) is 52.0 Å². The summed E-state index contributed by atoms with van der Waals surface area (Å²) in [6.07, 6.45) is 1.61. The van der Waals surface area contributed by atoms with Crippen LogP contribution in [0.5, 0.6) is 0 Å². The van der Waals surface area contributed by atoms with Crippen LogP contribution >= 0.6 is 11.3 Å². The monoisotopic (exact) mass is 307 g/mol. The molecule has 6 heteroatoms. The van der Waals surface area contributed by atoms with Gasteiger partial charge in [-0.1, -0.05) is 12.1 Å². The fraction of sp³-hybridized carbons (Fsp3) is 0.200. The summed E-state index contributed by atoms with van der Waals surface area (Å²) in [5.41, 5.74) is -0.521. The van der Waals surface area contributed by atoms with Crippen LogP contribution in [0.25, 0.3) is 0 Å². The van der Waals surface area contributed by atoms with Crippen LogP contribution in [-0.4, -0.2) is 17.0 Å². The third-order valence-electron chi connectivity index (χ3n) is 2.92. The number of aryl methyl sites for hydroxylation is 1. The van der Waals surface area contributed by atoms with E-state index in [0.717, 1.165) is 12.5 Å². The number of carboxylic acids is 1. The van der Waals surface area contributed by atoms with Crippen molar-refractivity contribution in [3.63, 3.8) is 0 Å². The molecular formula is C15H14FNO3S. The summed E-state index contributed by atoms with van der Waals surface area (Å²) >= 11 is 1.62. The molecular weight excluding hydrogens is 293 g/mol. The van der Waals surface area contributed by atoms with Gasteiger partial charge in [0.2, 0.25) is 5.91 Å². The van der Waals surface area contributed by atoms with Crippen molar-refractivity contribution in [1.29, 1.82) is 0 Å². The molecule has 0 atom stereocenters. The Balaban J connectivity index is 1.95. The number of benzene rings is 1. The zero-order valence-corrected chi connectivity index (χ0v) is 12.0. The molecule has 2 aromatic rings. The molecule has 4 nitrogen and oxygen atoms in total. The minimum absolute atomic E-state index is 0.214. The average molecular weight is 307 g/mol. The first-order chi connectivity index (χ1) is 10.1. The largest absolute Gasteiger partial charge is 0.478 e. The maximum Gasteiger partial charge on any atom is 0.337 e. The van der Waals surface area contributed by atoms with Gasteiger partial charge in [0, 0.05) is 11.3 Å². The van der Waals surface area contributed by atoms with Gasteiger partial charge in [-0.05, 0) is 36.4 Å². The number of para-hydroxylation sites is 1. The van der Waals surface area contributed by atoms with E-state index in [1.165, 1.54) is 17.0 Å². The minimum atomic E-state index is -1.27. The van der Waals surface area contributed by atoms with Crippen molar-refractivity contribution in [3.8, 4) is 0 Å². The molecule has 0 aliphatic heterocycles. The molecule has 1 aromatic heterocycles. The van der Waals surface area contributed by atoms with Gasteiger partial charge in [-0.15, -0.1) is 11.3 Å². The predicted octanol–water partition coefficient (Wildman–Crippen LogP) is 3.55. The molecule has 110 valence electrons. The first kappa shape index (κ1) is 15.2. The summed E-state index contributed by atoms with van der Waals surface area (Å²) in [6.45, 7) is 0. The van der Waals surface area contributed by atoms with Gasteiger partial charge in [0.1, 0.15) is 5.82 Å². The van der Waals surface area contributed by atoms with E-state index in [1.54, 1.807) is 11.3 Å². The van der Waals surface area contributed by atoms with Crippen molar-refractivity contribution in [2.45, 2.75) is 19.3 Å². The summed E-state index contributed by atoms with van der Waals surface area (Å²) in [5, 5.41) is 13.3. The average Bonchev–Trinajstić information content (AvgIpc) is 2.94. The van der Waals surface area contributed by atoms with E-state index in [9.17, 15) is 14.0 Å². The summed E-state index contributed by atoms with van der Waals surface area (Å²) in [4.78, 5) is 24.0. The Morgan fingerprint density at radius 2 is 2.05 bits per heavy atom. The number of hydrogen-bond acceptors (Lipinski definition) is 3. The number of anilines is 1. The number of rotatable bonds is 6. The van der Waals surface area contributed by atoms with Gasteiger partial charge in [-0.3, -0.25) is 4.79 Å². The van der Waals surface area contributed by atoms with E-state index in [0.29, 0.717) is 6.42 Å². The van der Waals surface area contributed by atoms with Crippen molar-refractivity contribution in [2.24, 2.45) is 0 Å². The van der Waals surface area contributed by atoms with Crippen LogP contribution in [0.3, 0.4) is 0 Å². The highest BCUT2D eigenvalue weighted by Crippen LogP contribution is 2.20. The third-order valence-corrected chi connectivity index (χ3v) is 3.85. The van der Waals surface area contributed by atoms with Gasteiger partial charge >= 0.3 is 5.97 Å². The molecule has 2 rings (SSSR count). The van der Waals surface area contributed by atoms with Crippen LogP contribution in [0, 0.1) is 5.82 Å². The summed E-state index contributed by atoms with van der Waals surface area (Å²) in [7, 11) is 0. The molecule has 0 radical (unpaired) electrons. The Hall–Kier alpha value is -2.21. The molecule has 1 aromatic carbocycles. The fourth-order valence-electron chi connectivity index (χ4n) is 1.91. The lowest BCUT2D eigenvalue weighted by molar-refractivity contribution is -0.116. The molecule has 0 spiro atoms. The predicted molar refractivity (Wildman–Crippen MR) is 79.2 cm³/mol. The van der Waals surface area contributed by atoms with Crippen LogP contribution in [0.2, 0.25) is 0 Å². The van der Waals surface area contributed by atoms with E-state index >= 15 is 0 Å². The Labute approximate surface area is 125 Å².